The predicted octanol–water partition coefficient (Wildman–Crippen LogP) is 1.78. The van der Waals surface area contributed by atoms with E-state index in [2.05, 4.69) is 5.32 Å². The summed E-state index contributed by atoms with van der Waals surface area (Å²) in [7, 11) is 0. The van der Waals surface area contributed by atoms with Gasteiger partial charge in [-0.25, -0.2) is 0 Å². The van der Waals surface area contributed by atoms with Crippen molar-refractivity contribution in [3.8, 4) is 0 Å². The number of nitrogens with one attached hydrogen (secondary N) is 1. The van der Waals surface area contributed by atoms with Gasteiger partial charge in [-0.05, 0) is 18.1 Å². The van der Waals surface area contributed by atoms with Crippen molar-refractivity contribution in [1.82, 2.24) is 5.32 Å². The van der Waals surface area contributed by atoms with Gasteiger partial charge in [-0.3, -0.25) is 10.1 Å². The second-order valence-corrected chi connectivity index (χ2v) is 4.77. The molecule has 0 aromatic heterocycles. The van der Waals surface area contributed by atoms with Crippen LogP contribution in [-0.2, 0) is 4.79 Å². The van der Waals surface area contributed by atoms with Crippen LogP contribution in [0.5, 0.6) is 0 Å². The Bertz CT molecular complexity index is 381. The van der Waals surface area contributed by atoms with E-state index in [1.165, 1.54) is 11.1 Å². The van der Waals surface area contributed by atoms with Crippen LogP contribution in [0.3, 0.4) is 0 Å². The first-order chi connectivity index (χ1) is 7.18. The standard InChI is InChI=1S/C11H13NO2S/c1-7-4-2-3-5-8(7)10-12-9(6-15-10)11(13)14/h2-5,9-10,12H,6H2,1H3,(H,13,14)/t9-,10?/m1/s1. The highest BCUT2D eigenvalue weighted by atomic mass is 32.2. The number of hydrogen-bond acceptors (Lipinski definition) is 3. The third-order valence-electron chi connectivity index (χ3n) is 2.55. The zero-order chi connectivity index (χ0) is 10.8. The van der Waals surface area contributed by atoms with Crippen LogP contribution in [0.4, 0.5) is 0 Å². The van der Waals surface area contributed by atoms with Gasteiger partial charge in [0.2, 0.25) is 0 Å². The molecular formula is C11H13NO2S. The van der Waals surface area contributed by atoms with Gasteiger partial charge in [-0.2, -0.15) is 0 Å². The molecule has 2 atom stereocenters. The third-order valence-corrected chi connectivity index (χ3v) is 3.80. The van der Waals surface area contributed by atoms with Crippen molar-refractivity contribution in [2.45, 2.75) is 18.3 Å². The summed E-state index contributed by atoms with van der Waals surface area (Å²) in [5.74, 6) is -0.132. The monoisotopic (exact) mass is 223 g/mol. The van der Waals surface area contributed by atoms with Crippen LogP contribution in [0, 0.1) is 6.92 Å². The topological polar surface area (TPSA) is 49.3 Å². The molecule has 1 aliphatic heterocycles. The number of carboxylic acids is 1. The SMILES string of the molecule is Cc1ccccc1C1N[C@@H](C(=O)O)CS1. The summed E-state index contributed by atoms with van der Waals surface area (Å²) in [6, 6.07) is 7.65. The molecule has 0 aliphatic carbocycles. The number of carboxylic acid groups (broad SMARTS) is 1. The Morgan fingerprint density at radius 3 is 2.87 bits per heavy atom. The van der Waals surface area contributed by atoms with Crippen molar-refractivity contribution >= 4 is 17.7 Å². The molecule has 2 N–H and O–H groups in total. The predicted molar refractivity (Wildman–Crippen MR) is 60.9 cm³/mol. The fraction of sp³-hybridized carbons (Fsp3) is 0.364. The zero-order valence-corrected chi connectivity index (χ0v) is 9.25. The highest BCUT2D eigenvalue weighted by Gasteiger charge is 2.30. The summed E-state index contributed by atoms with van der Waals surface area (Å²) < 4.78 is 0. The maximum Gasteiger partial charge on any atom is 0.321 e. The zero-order valence-electron chi connectivity index (χ0n) is 8.43. The molecule has 0 radical (unpaired) electrons. The maximum absolute atomic E-state index is 10.8. The fourth-order valence-corrected chi connectivity index (χ4v) is 3.00. The second kappa shape index (κ2) is 4.24. The Labute approximate surface area is 92.9 Å². The number of aliphatic carboxylic acids is 1. The first-order valence-electron chi connectivity index (χ1n) is 4.84. The molecule has 1 unspecified atom stereocenters. The van der Waals surface area contributed by atoms with E-state index in [0.29, 0.717) is 5.75 Å². The molecule has 0 spiro atoms. The van der Waals surface area contributed by atoms with Gasteiger partial charge in [0.1, 0.15) is 6.04 Å². The summed E-state index contributed by atoms with van der Waals surface area (Å²) in [5.41, 5.74) is 2.39. The Kier molecular flexibility index (Phi) is 2.98. The van der Waals surface area contributed by atoms with Crippen LogP contribution in [0.15, 0.2) is 24.3 Å². The van der Waals surface area contributed by atoms with Crippen LogP contribution >= 0.6 is 11.8 Å². The minimum absolute atomic E-state index is 0.118. The van der Waals surface area contributed by atoms with Gasteiger partial charge < -0.3 is 5.11 Å². The molecule has 4 heteroatoms. The van der Waals surface area contributed by atoms with Gasteiger partial charge >= 0.3 is 5.97 Å². The molecule has 2 rings (SSSR count). The Hall–Kier alpha value is -1.00. The van der Waals surface area contributed by atoms with E-state index < -0.39 is 12.0 Å². The average molecular weight is 223 g/mol. The second-order valence-electron chi connectivity index (χ2n) is 3.63. The molecular weight excluding hydrogens is 210 g/mol. The summed E-state index contributed by atoms with van der Waals surface area (Å²) in [6.45, 7) is 2.05. The lowest BCUT2D eigenvalue weighted by Crippen LogP contribution is -2.33. The van der Waals surface area contributed by atoms with Crippen LogP contribution in [0.1, 0.15) is 16.5 Å². The molecule has 80 valence electrons. The van der Waals surface area contributed by atoms with Crippen molar-refractivity contribution in [3.63, 3.8) is 0 Å². The lowest BCUT2D eigenvalue weighted by atomic mass is 10.1. The van der Waals surface area contributed by atoms with Crippen molar-refractivity contribution in [2.75, 3.05) is 5.75 Å². The van der Waals surface area contributed by atoms with E-state index >= 15 is 0 Å². The minimum atomic E-state index is -0.765. The number of aryl methyl sites for hydroxylation is 1. The Balaban J connectivity index is 2.14. The number of rotatable bonds is 2. The van der Waals surface area contributed by atoms with Gasteiger partial charge in [-0.1, -0.05) is 24.3 Å². The molecule has 1 aliphatic rings. The molecule has 1 aromatic rings. The molecule has 0 saturated carbocycles. The minimum Gasteiger partial charge on any atom is -0.480 e. The molecule has 1 heterocycles. The molecule has 1 aromatic carbocycles. The van der Waals surface area contributed by atoms with E-state index in [9.17, 15) is 4.79 Å². The Morgan fingerprint density at radius 2 is 2.27 bits per heavy atom. The van der Waals surface area contributed by atoms with Crippen molar-refractivity contribution < 1.29 is 9.90 Å². The van der Waals surface area contributed by atoms with Crippen molar-refractivity contribution in [1.29, 1.82) is 0 Å². The first-order valence-corrected chi connectivity index (χ1v) is 5.89. The normalized spacial score (nSPS) is 25.4. The molecule has 1 fully saturated rings. The molecule has 1 saturated heterocycles. The molecule has 3 nitrogen and oxygen atoms in total. The van der Waals surface area contributed by atoms with Gasteiger partial charge in [-0.15, -0.1) is 11.8 Å². The smallest absolute Gasteiger partial charge is 0.321 e. The van der Waals surface area contributed by atoms with Gasteiger partial charge in [0.15, 0.2) is 0 Å². The highest BCUT2D eigenvalue weighted by Crippen LogP contribution is 2.34. The van der Waals surface area contributed by atoms with E-state index in [1.54, 1.807) is 11.8 Å². The van der Waals surface area contributed by atoms with Crippen molar-refractivity contribution in [2.24, 2.45) is 0 Å². The maximum atomic E-state index is 10.8. The number of thioether (sulfide) groups is 1. The van der Waals surface area contributed by atoms with Crippen molar-refractivity contribution in [3.05, 3.63) is 35.4 Å². The lowest BCUT2D eigenvalue weighted by Gasteiger charge is -2.13. The van der Waals surface area contributed by atoms with E-state index in [-0.39, 0.29) is 5.37 Å². The molecule has 0 amide bonds. The largest absolute Gasteiger partial charge is 0.480 e. The summed E-state index contributed by atoms with van der Waals surface area (Å²) in [6.07, 6.45) is 0. The van der Waals surface area contributed by atoms with Crippen LogP contribution in [0.25, 0.3) is 0 Å². The van der Waals surface area contributed by atoms with Crippen LogP contribution in [0.2, 0.25) is 0 Å². The molecule has 15 heavy (non-hydrogen) atoms. The molecule has 0 bridgehead atoms. The van der Waals surface area contributed by atoms with Crippen LogP contribution < -0.4 is 5.32 Å². The summed E-state index contributed by atoms with van der Waals surface area (Å²) in [4.78, 5) is 10.8. The average Bonchev–Trinajstić information content (AvgIpc) is 2.67. The van der Waals surface area contributed by atoms with Crippen LogP contribution in [-0.4, -0.2) is 22.9 Å². The quantitative estimate of drug-likeness (QED) is 0.802. The summed E-state index contributed by atoms with van der Waals surface area (Å²) in [5, 5.41) is 12.1. The lowest BCUT2D eigenvalue weighted by molar-refractivity contribution is -0.138. The number of benzene rings is 1. The summed E-state index contributed by atoms with van der Waals surface area (Å²) >= 11 is 1.65. The first kappa shape index (κ1) is 10.5. The van der Waals surface area contributed by atoms with E-state index in [0.717, 1.165) is 0 Å². The van der Waals surface area contributed by atoms with E-state index in [1.807, 2.05) is 31.2 Å². The number of hydrogen-bond donors (Lipinski definition) is 2. The van der Waals surface area contributed by atoms with Gasteiger partial charge in [0.25, 0.3) is 0 Å². The third kappa shape index (κ3) is 2.16. The Morgan fingerprint density at radius 1 is 1.53 bits per heavy atom. The fourth-order valence-electron chi connectivity index (χ4n) is 1.67. The van der Waals surface area contributed by atoms with Gasteiger partial charge in [0, 0.05) is 5.75 Å². The van der Waals surface area contributed by atoms with Gasteiger partial charge in [0.05, 0.1) is 5.37 Å². The number of carbonyl (C=O) groups is 1. The highest BCUT2D eigenvalue weighted by molar-refractivity contribution is 7.99. The van der Waals surface area contributed by atoms with E-state index in [4.69, 9.17) is 5.11 Å².